The highest BCUT2D eigenvalue weighted by Crippen LogP contribution is 2.20. The fourth-order valence-electron chi connectivity index (χ4n) is 3.38. The van der Waals surface area contributed by atoms with E-state index in [0.29, 0.717) is 22.9 Å². The molecule has 0 aliphatic carbocycles. The summed E-state index contributed by atoms with van der Waals surface area (Å²) in [5.41, 5.74) is 2.66. The second-order valence-electron chi connectivity index (χ2n) is 7.72. The van der Waals surface area contributed by atoms with Crippen molar-refractivity contribution in [3.8, 4) is 0 Å². The smallest absolute Gasteiger partial charge is 0.253 e. The Morgan fingerprint density at radius 3 is 2.20 bits per heavy atom. The first-order valence-electron chi connectivity index (χ1n) is 10.2. The standard InChI is InChI=1S/C23H28N4O3/c1-16-10-12-27(13-11-16)23(30)18-4-3-5-21(14-18)24-15-22(29)26-20-8-6-19(7-9-20)25-17(2)28/h3-9,14,16,24H,10-13,15H2,1-2H3,(H,25,28)(H,26,29). The van der Waals surface area contributed by atoms with E-state index in [2.05, 4.69) is 22.9 Å². The molecule has 1 aliphatic rings. The summed E-state index contributed by atoms with van der Waals surface area (Å²) in [5, 5.41) is 8.54. The van der Waals surface area contributed by atoms with Crippen LogP contribution >= 0.6 is 0 Å². The minimum absolute atomic E-state index is 0.0364. The molecule has 1 fully saturated rings. The molecule has 1 heterocycles. The van der Waals surface area contributed by atoms with Gasteiger partial charge in [-0.3, -0.25) is 14.4 Å². The Morgan fingerprint density at radius 1 is 0.933 bits per heavy atom. The van der Waals surface area contributed by atoms with Crippen LogP contribution in [0.3, 0.4) is 0 Å². The first-order valence-corrected chi connectivity index (χ1v) is 10.2. The van der Waals surface area contributed by atoms with Gasteiger partial charge in [0.15, 0.2) is 0 Å². The third-order valence-corrected chi connectivity index (χ3v) is 5.12. The largest absolute Gasteiger partial charge is 0.376 e. The molecule has 2 aromatic carbocycles. The van der Waals surface area contributed by atoms with Gasteiger partial charge in [-0.05, 0) is 61.2 Å². The Bertz CT molecular complexity index is 903. The molecule has 1 saturated heterocycles. The predicted octanol–water partition coefficient (Wildman–Crippen LogP) is 3.57. The van der Waals surface area contributed by atoms with Crippen molar-refractivity contribution in [2.75, 3.05) is 35.6 Å². The quantitative estimate of drug-likeness (QED) is 0.682. The molecule has 1 aliphatic heterocycles. The van der Waals surface area contributed by atoms with Gasteiger partial charge in [0.05, 0.1) is 6.54 Å². The van der Waals surface area contributed by atoms with Crippen molar-refractivity contribution in [3.63, 3.8) is 0 Å². The molecule has 0 spiro atoms. The second-order valence-corrected chi connectivity index (χ2v) is 7.72. The van der Waals surface area contributed by atoms with Crippen molar-refractivity contribution >= 4 is 34.8 Å². The number of anilines is 3. The summed E-state index contributed by atoms with van der Waals surface area (Å²) in [6.45, 7) is 5.32. The van der Waals surface area contributed by atoms with Gasteiger partial charge < -0.3 is 20.9 Å². The van der Waals surface area contributed by atoms with Crippen molar-refractivity contribution in [2.45, 2.75) is 26.7 Å². The summed E-state index contributed by atoms with van der Waals surface area (Å²) in [5.74, 6) is 0.354. The first kappa shape index (κ1) is 21.4. The van der Waals surface area contributed by atoms with Gasteiger partial charge in [-0.25, -0.2) is 0 Å². The summed E-state index contributed by atoms with van der Waals surface area (Å²) >= 11 is 0. The van der Waals surface area contributed by atoms with E-state index in [-0.39, 0.29) is 24.3 Å². The monoisotopic (exact) mass is 408 g/mol. The molecule has 0 aromatic heterocycles. The Kier molecular flexibility index (Phi) is 7.06. The lowest BCUT2D eigenvalue weighted by Gasteiger charge is -2.30. The van der Waals surface area contributed by atoms with Crippen LogP contribution in [0.25, 0.3) is 0 Å². The first-order chi connectivity index (χ1) is 14.4. The number of piperidine rings is 1. The van der Waals surface area contributed by atoms with Crippen LogP contribution in [0.1, 0.15) is 37.0 Å². The average Bonchev–Trinajstić information content (AvgIpc) is 2.73. The molecule has 3 amide bonds. The molecule has 0 radical (unpaired) electrons. The number of carbonyl (C=O) groups excluding carboxylic acids is 3. The van der Waals surface area contributed by atoms with Crippen molar-refractivity contribution in [1.29, 1.82) is 0 Å². The fourth-order valence-corrected chi connectivity index (χ4v) is 3.38. The fraction of sp³-hybridized carbons (Fsp3) is 0.348. The number of hydrogen-bond acceptors (Lipinski definition) is 4. The van der Waals surface area contributed by atoms with Gasteiger partial charge >= 0.3 is 0 Å². The van der Waals surface area contributed by atoms with E-state index in [9.17, 15) is 14.4 Å². The molecule has 7 heteroatoms. The van der Waals surface area contributed by atoms with Gasteiger partial charge in [0.1, 0.15) is 0 Å². The molecule has 0 saturated carbocycles. The molecule has 3 N–H and O–H groups in total. The van der Waals surface area contributed by atoms with Gasteiger partial charge in [-0.2, -0.15) is 0 Å². The Hall–Kier alpha value is -3.35. The second kappa shape index (κ2) is 9.91. The van der Waals surface area contributed by atoms with Crippen LogP contribution in [0.2, 0.25) is 0 Å². The van der Waals surface area contributed by atoms with Gasteiger partial charge in [0.25, 0.3) is 5.91 Å². The van der Waals surface area contributed by atoms with Crippen LogP contribution in [0.4, 0.5) is 17.1 Å². The van der Waals surface area contributed by atoms with Crippen LogP contribution in [-0.4, -0.2) is 42.3 Å². The minimum Gasteiger partial charge on any atom is -0.376 e. The van der Waals surface area contributed by atoms with Crippen molar-refractivity contribution in [2.24, 2.45) is 5.92 Å². The number of amides is 3. The van der Waals surface area contributed by atoms with Gasteiger partial charge in [-0.1, -0.05) is 13.0 Å². The Morgan fingerprint density at radius 2 is 1.57 bits per heavy atom. The van der Waals surface area contributed by atoms with Crippen molar-refractivity contribution in [3.05, 3.63) is 54.1 Å². The highest BCUT2D eigenvalue weighted by Gasteiger charge is 2.21. The van der Waals surface area contributed by atoms with Crippen LogP contribution in [0.5, 0.6) is 0 Å². The highest BCUT2D eigenvalue weighted by atomic mass is 16.2. The molecular weight excluding hydrogens is 380 g/mol. The van der Waals surface area contributed by atoms with Crippen LogP contribution in [0, 0.1) is 5.92 Å². The summed E-state index contributed by atoms with van der Waals surface area (Å²) in [6, 6.07) is 14.1. The number of nitrogens with one attached hydrogen (secondary N) is 3. The van der Waals surface area contributed by atoms with E-state index < -0.39 is 0 Å². The molecule has 7 nitrogen and oxygen atoms in total. The molecular formula is C23H28N4O3. The van der Waals surface area contributed by atoms with Crippen molar-refractivity contribution < 1.29 is 14.4 Å². The number of hydrogen-bond donors (Lipinski definition) is 3. The maximum atomic E-state index is 12.7. The van der Waals surface area contributed by atoms with E-state index in [1.54, 1.807) is 30.3 Å². The number of rotatable bonds is 6. The van der Waals surface area contributed by atoms with E-state index in [0.717, 1.165) is 31.6 Å². The van der Waals surface area contributed by atoms with Gasteiger partial charge in [-0.15, -0.1) is 0 Å². The van der Waals surface area contributed by atoms with E-state index in [4.69, 9.17) is 0 Å². The Labute approximate surface area is 176 Å². The molecule has 0 unspecified atom stereocenters. The van der Waals surface area contributed by atoms with Gasteiger partial charge in [0.2, 0.25) is 11.8 Å². The zero-order valence-corrected chi connectivity index (χ0v) is 17.4. The zero-order valence-electron chi connectivity index (χ0n) is 17.4. The van der Waals surface area contributed by atoms with E-state index >= 15 is 0 Å². The lowest BCUT2D eigenvalue weighted by molar-refractivity contribution is -0.115. The summed E-state index contributed by atoms with van der Waals surface area (Å²) in [7, 11) is 0. The molecule has 2 aromatic rings. The van der Waals surface area contributed by atoms with Gasteiger partial charge in [0, 0.05) is 42.6 Å². The molecule has 30 heavy (non-hydrogen) atoms. The minimum atomic E-state index is -0.205. The summed E-state index contributed by atoms with van der Waals surface area (Å²) in [4.78, 5) is 37.9. The molecule has 0 atom stereocenters. The van der Waals surface area contributed by atoms with Crippen LogP contribution < -0.4 is 16.0 Å². The Balaban J connectivity index is 1.51. The highest BCUT2D eigenvalue weighted by molar-refractivity contribution is 5.96. The number of benzene rings is 2. The predicted molar refractivity (Wildman–Crippen MR) is 119 cm³/mol. The number of carbonyl (C=O) groups is 3. The molecule has 158 valence electrons. The maximum absolute atomic E-state index is 12.7. The van der Waals surface area contributed by atoms with E-state index in [1.165, 1.54) is 6.92 Å². The van der Waals surface area contributed by atoms with E-state index in [1.807, 2.05) is 23.1 Å². The third kappa shape index (κ3) is 6.07. The third-order valence-electron chi connectivity index (χ3n) is 5.12. The molecule has 3 rings (SSSR count). The lowest BCUT2D eigenvalue weighted by atomic mass is 9.98. The SMILES string of the molecule is CC(=O)Nc1ccc(NC(=O)CNc2cccc(C(=O)N3CCC(C)CC3)c2)cc1. The van der Waals surface area contributed by atoms with Crippen LogP contribution in [-0.2, 0) is 9.59 Å². The average molecular weight is 409 g/mol. The number of likely N-dealkylation sites (tertiary alicyclic amines) is 1. The van der Waals surface area contributed by atoms with Crippen LogP contribution in [0.15, 0.2) is 48.5 Å². The normalized spacial score (nSPS) is 14.1. The maximum Gasteiger partial charge on any atom is 0.253 e. The lowest BCUT2D eigenvalue weighted by Crippen LogP contribution is -2.37. The summed E-state index contributed by atoms with van der Waals surface area (Å²) in [6.07, 6.45) is 2.07. The topological polar surface area (TPSA) is 90.5 Å². The zero-order chi connectivity index (χ0) is 21.5. The summed E-state index contributed by atoms with van der Waals surface area (Å²) < 4.78 is 0. The number of nitrogens with zero attached hydrogens (tertiary/aromatic N) is 1. The molecule has 0 bridgehead atoms. The van der Waals surface area contributed by atoms with Crippen molar-refractivity contribution in [1.82, 2.24) is 4.90 Å².